The molecule has 3 rings (SSSR count). The van der Waals surface area contributed by atoms with E-state index in [0.717, 1.165) is 23.9 Å². The van der Waals surface area contributed by atoms with E-state index in [-0.39, 0.29) is 34.3 Å². The number of pyridine rings is 1. The number of carboxylic acid groups (broad SMARTS) is 1. The van der Waals surface area contributed by atoms with Gasteiger partial charge in [0, 0.05) is 29.2 Å². The number of aliphatic hydroxyl groups is 1. The summed E-state index contributed by atoms with van der Waals surface area (Å²) in [4.78, 5) is 27.0. The number of alkyl halides is 3. The summed E-state index contributed by atoms with van der Waals surface area (Å²) in [7, 11) is 0. The van der Waals surface area contributed by atoms with E-state index in [0.29, 0.717) is 5.56 Å². The molecule has 0 spiro atoms. The fourth-order valence-corrected chi connectivity index (χ4v) is 4.30. The fraction of sp³-hybridized carbons (Fsp3) is 0.240. The Morgan fingerprint density at radius 3 is 2.22 bits per heavy atom. The minimum absolute atomic E-state index is 0.0185. The Morgan fingerprint density at radius 2 is 1.67 bits per heavy atom. The predicted octanol–water partition coefficient (Wildman–Crippen LogP) is 5.50. The molecule has 190 valence electrons. The normalized spacial score (nSPS) is 14.1. The van der Waals surface area contributed by atoms with Crippen LogP contribution >= 0.6 is 23.2 Å². The minimum Gasteiger partial charge on any atom is -0.481 e. The van der Waals surface area contributed by atoms with Crippen molar-refractivity contribution >= 4 is 35.1 Å². The number of halogens is 5. The minimum atomic E-state index is -5.07. The Kier molecular flexibility index (Phi) is 8.28. The average Bonchev–Trinajstić information content (AvgIpc) is 2.81. The number of hydrogen-bond donors (Lipinski definition) is 3. The Hall–Kier alpha value is -3.14. The smallest absolute Gasteiger partial charge is 0.422 e. The molecule has 1 amide bonds. The van der Waals surface area contributed by atoms with Crippen LogP contribution in [0, 0.1) is 0 Å². The van der Waals surface area contributed by atoms with Gasteiger partial charge in [0.2, 0.25) is 0 Å². The van der Waals surface area contributed by atoms with E-state index in [1.54, 1.807) is 24.3 Å². The van der Waals surface area contributed by atoms with E-state index in [1.807, 2.05) is 0 Å². The molecule has 0 radical (unpaired) electrons. The van der Waals surface area contributed by atoms with Crippen molar-refractivity contribution in [1.82, 2.24) is 10.3 Å². The van der Waals surface area contributed by atoms with Crippen LogP contribution in [0.5, 0.6) is 0 Å². The third-order valence-electron chi connectivity index (χ3n) is 5.79. The summed E-state index contributed by atoms with van der Waals surface area (Å²) in [6.07, 6.45) is -4.13. The van der Waals surface area contributed by atoms with E-state index >= 15 is 0 Å². The molecule has 0 unspecified atom stereocenters. The van der Waals surface area contributed by atoms with Crippen LogP contribution in [-0.2, 0) is 23.4 Å². The number of carbonyl (C=O) groups excluding carboxylic acids is 1. The number of amides is 1. The Balaban J connectivity index is 1.79. The third-order valence-corrected chi connectivity index (χ3v) is 6.32. The molecule has 36 heavy (non-hydrogen) atoms. The van der Waals surface area contributed by atoms with Crippen LogP contribution < -0.4 is 5.32 Å². The predicted molar refractivity (Wildman–Crippen MR) is 128 cm³/mol. The summed E-state index contributed by atoms with van der Waals surface area (Å²) in [5.74, 6) is -3.02. The molecule has 3 N–H and O–H groups in total. The molecule has 2 aromatic carbocycles. The maximum atomic E-state index is 14.1. The highest BCUT2D eigenvalue weighted by atomic mass is 35.5. The van der Waals surface area contributed by atoms with E-state index in [2.05, 4.69) is 10.3 Å². The highest BCUT2D eigenvalue weighted by Crippen LogP contribution is 2.49. The summed E-state index contributed by atoms with van der Waals surface area (Å²) in [5.41, 5.74) is -2.38. The van der Waals surface area contributed by atoms with Crippen molar-refractivity contribution in [3.8, 4) is 0 Å². The summed E-state index contributed by atoms with van der Waals surface area (Å²) in [6, 6.07) is 12.4. The van der Waals surface area contributed by atoms with Crippen molar-refractivity contribution in [3.05, 3.63) is 98.8 Å². The topological polar surface area (TPSA) is 99.5 Å². The van der Waals surface area contributed by atoms with Crippen molar-refractivity contribution in [2.75, 3.05) is 0 Å². The zero-order valence-corrected chi connectivity index (χ0v) is 20.3. The number of aliphatic carboxylic acids is 1. The SMILES string of the molecule is C[C@H](c1ccc(C(=O)NCc2ccc(CC(=O)O)cc2)cc1Cl)[C@@](O)(c1ccnc(Cl)c1)C(F)(F)F. The number of rotatable bonds is 8. The Morgan fingerprint density at radius 1 is 1.03 bits per heavy atom. The van der Waals surface area contributed by atoms with E-state index in [1.165, 1.54) is 25.1 Å². The first-order chi connectivity index (χ1) is 16.8. The molecule has 0 aliphatic rings. The number of carbonyl (C=O) groups is 2. The Labute approximate surface area is 214 Å². The summed E-state index contributed by atoms with van der Waals surface area (Å²) in [5, 5.41) is 22.0. The van der Waals surface area contributed by atoms with Crippen LogP contribution in [0.25, 0.3) is 0 Å². The van der Waals surface area contributed by atoms with Gasteiger partial charge >= 0.3 is 12.1 Å². The second-order valence-corrected chi connectivity index (χ2v) is 8.95. The molecule has 0 bridgehead atoms. The van der Waals surface area contributed by atoms with Gasteiger partial charge in [-0.1, -0.05) is 60.5 Å². The molecule has 3 aromatic rings. The molecular formula is C25H21Cl2F3N2O4. The lowest BCUT2D eigenvalue weighted by molar-refractivity contribution is -0.274. The van der Waals surface area contributed by atoms with Crippen LogP contribution in [0.4, 0.5) is 13.2 Å². The van der Waals surface area contributed by atoms with Gasteiger partial charge in [-0.2, -0.15) is 13.2 Å². The monoisotopic (exact) mass is 540 g/mol. The van der Waals surface area contributed by atoms with Crippen molar-refractivity contribution in [2.24, 2.45) is 0 Å². The molecule has 0 saturated heterocycles. The molecule has 6 nitrogen and oxygen atoms in total. The largest absolute Gasteiger partial charge is 0.481 e. The molecule has 0 aliphatic carbocycles. The number of benzene rings is 2. The fourth-order valence-electron chi connectivity index (χ4n) is 3.78. The molecule has 0 aliphatic heterocycles. The number of carboxylic acids is 1. The second kappa shape index (κ2) is 10.9. The van der Waals surface area contributed by atoms with E-state index in [9.17, 15) is 27.9 Å². The number of aromatic nitrogens is 1. The quantitative estimate of drug-likeness (QED) is 0.327. The molecule has 2 atom stereocenters. The van der Waals surface area contributed by atoms with E-state index in [4.69, 9.17) is 28.3 Å². The zero-order chi connectivity index (χ0) is 26.7. The maximum Gasteiger partial charge on any atom is 0.422 e. The first-order valence-electron chi connectivity index (χ1n) is 10.6. The lowest BCUT2D eigenvalue weighted by atomic mass is 9.78. The van der Waals surface area contributed by atoms with Crippen LogP contribution in [0.15, 0.2) is 60.8 Å². The lowest BCUT2D eigenvalue weighted by Crippen LogP contribution is -2.46. The molecule has 0 saturated carbocycles. The van der Waals surface area contributed by atoms with Gasteiger partial charge in [-0.3, -0.25) is 9.59 Å². The standard InChI is InChI=1S/C25H21Cl2F3N2O4/c1-14(24(36,25(28,29)30)18-8-9-31-21(27)12-18)19-7-6-17(11-20(19)26)23(35)32-13-16-4-2-15(3-5-16)10-22(33)34/h2-9,11-12,14,36H,10,13H2,1H3,(H,32,35)(H,33,34)/t14-,24-/m1/s1. The summed E-state index contributed by atoms with van der Waals surface area (Å²) >= 11 is 12.0. The number of nitrogens with zero attached hydrogens (tertiary/aromatic N) is 1. The van der Waals surface area contributed by atoms with Crippen LogP contribution in [0.1, 0.15) is 45.5 Å². The number of hydrogen-bond acceptors (Lipinski definition) is 4. The van der Waals surface area contributed by atoms with Gasteiger partial charge in [-0.25, -0.2) is 4.98 Å². The molecule has 1 heterocycles. The first kappa shape index (κ1) is 27.4. The van der Waals surface area contributed by atoms with Crippen LogP contribution in [0.3, 0.4) is 0 Å². The molecule has 11 heteroatoms. The van der Waals surface area contributed by atoms with Gasteiger partial charge in [0.15, 0.2) is 5.60 Å². The van der Waals surface area contributed by atoms with Gasteiger partial charge in [-0.05, 0) is 46.5 Å². The molecule has 1 aromatic heterocycles. The van der Waals surface area contributed by atoms with E-state index < -0.39 is 35.1 Å². The average molecular weight is 541 g/mol. The maximum absolute atomic E-state index is 14.1. The van der Waals surface area contributed by atoms with Crippen molar-refractivity contribution < 1.29 is 33.0 Å². The number of nitrogens with one attached hydrogen (secondary N) is 1. The highest BCUT2D eigenvalue weighted by Gasteiger charge is 2.59. The highest BCUT2D eigenvalue weighted by molar-refractivity contribution is 6.31. The van der Waals surface area contributed by atoms with Crippen molar-refractivity contribution in [3.63, 3.8) is 0 Å². The lowest BCUT2D eigenvalue weighted by Gasteiger charge is -2.37. The summed E-state index contributed by atoms with van der Waals surface area (Å²) in [6.45, 7) is 1.31. The van der Waals surface area contributed by atoms with Gasteiger partial charge in [0.1, 0.15) is 5.15 Å². The van der Waals surface area contributed by atoms with Gasteiger partial charge in [0.25, 0.3) is 5.91 Å². The first-order valence-corrected chi connectivity index (χ1v) is 11.4. The zero-order valence-electron chi connectivity index (χ0n) is 18.8. The molecule has 0 fully saturated rings. The van der Waals surface area contributed by atoms with Crippen LogP contribution in [-0.4, -0.2) is 33.2 Å². The van der Waals surface area contributed by atoms with Crippen molar-refractivity contribution in [1.29, 1.82) is 0 Å². The summed E-state index contributed by atoms with van der Waals surface area (Å²) < 4.78 is 42.3. The van der Waals surface area contributed by atoms with Gasteiger partial charge in [-0.15, -0.1) is 0 Å². The third kappa shape index (κ3) is 5.98. The van der Waals surface area contributed by atoms with Gasteiger partial charge in [0.05, 0.1) is 6.42 Å². The Bertz CT molecular complexity index is 1270. The van der Waals surface area contributed by atoms with Gasteiger partial charge < -0.3 is 15.5 Å². The molecular weight excluding hydrogens is 520 g/mol. The van der Waals surface area contributed by atoms with Crippen molar-refractivity contribution in [2.45, 2.75) is 37.6 Å². The second-order valence-electron chi connectivity index (χ2n) is 8.16. The van der Waals surface area contributed by atoms with Crippen LogP contribution in [0.2, 0.25) is 10.2 Å².